The maximum Gasteiger partial charge on any atom is 0.193 e. The molecule has 2 rings (SSSR count). The fraction of sp³-hybridized carbons (Fsp3) is 0.250. The van der Waals surface area contributed by atoms with Crippen LogP contribution in [-0.2, 0) is 4.74 Å². The number of allylic oxidation sites excluding steroid dienone is 2. The lowest BCUT2D eigenvalue weighted by atomic mass is 10.3. The minimum atomic E-state index is 0.705. The maximum atomic E-state index is 5.33. The lowest BCUT2D eigenvalue weighted by Gasteiger charge is -2.26. The van der Waals surface area contributed by atoms with Gasteiger partial charge < -0.3 is 9.64 Å². The first-order valence-electron chi connectivity index (χ1n) is 3.40. The molecule has 0 fully saturated rings. The monoisotopic (exact) mass is 135 g/mol. The predicted molar refractivity (Wildman–Crippen MR) is 39.0 cm³/mol. The molecule has 0 N–H and O–H groups in total. The van der Waals surface area contributed by atoms with Crippen LogP contribution in [0, 0.1) is 0 Å². The van der Waals surface area contributed by atoms with Crippen molar-refractivity contribution in [1.82, 2.24) is 4.90 Å². The summed E-state index contributed by atoms with van der Waals surface area (Å²) in [4.78, 5) is 2.07. The summed E-state index contributed by atoms with van der Waals surface area (Å²) in [6, 6.07) is 0. The minimum Gasteiger partial charge on any atom is -0.475 e. The molecular formula is C8H9NO. The molecule has 0 aromatic carbocycles. The standard InChI is InChI=1S/C8H9NO/c1-2-5-9-6-3-7-10-8(9)4-1/h1-4,6H,5,7H2. The summed E-state index contributed by atoms with van der Waals surface area (Å²) < 4.78 is 5.33. The van der Waals surface area contributed by atoms with Crippen LogP contribution in [0.3, 0.4) is 0 Å². The van der Waals surface area contributed by atoms with E-state index >= 15 is 0 Å². The van der Waals surface area contributed by atoms with Crippen molar-refractivity contribution in [2.24, 2.45) is 0 Å². The zero-order valence-electron chi connectivity index (χ0n) is 5.66. The van der Waals surface area contributed by atoms with Gasteiger partial charge in [0.2, 0.25) is 0 Å². The summed E-state index contributed by atoms with van der Waals surface area (Å²) in [5.41, 5.74) is 0. The Morgan fingerprint density at radius 2 is 2.40 bits per heavy atom. The molecule has 0 aromatic rings. The van der Waals surface area contributed by atoms with Gasteiger partial charge in [0, 0.05) is 12.7 Å². The SMILES string of the molecule is C1=CCN2C=CCOC2=C1. The fourth-order valence-electron chi connectivity index (χ4n) is 1.08. The van der Waals surface area contributed by atoms with E-state index in [1.165, 1.54) is 0 Å². The normalized spacial score (nSPS) is 21.6. The van der Waals surface area contributed by atoms with E-state index in [4.69, 9.17) is 4.74 Å². The molecule has 2 aliphatic rings. The van der Waals surface area contributed by atoms with Crippen molar-refractivity contribution in [3.8, 4) is 0 Å². The van der Waals surface area contributed by atoms with Gasteiger partial charge in [0.1, 0.15) is 6.61 Å². The first kappa shape index (κ1) is 5.59. The second-order valence-electron chi connectivity index (χ2n) is 2.28. The Hall–Kier alpha value is -1.18. The van der Waals surface area contributed by atoms with E-state index < -0.39 is 0 Å². The number of hydrogen-bond acceptors (Lipinski definition) is 2. The fourth-order valence-corrected chi connectivity index (χ4v) is 1.08. The van der Waals surface area contributed by atoms with Crippen molar-refractivity contribution in [1.29, 1.82) is 0 Å². The number of rotatable bonds is 0. The first-order chi connectivity index (χ1) is 4.97. The van der Waals surface area contributed by atoms with Crippen LogP contribution in [0.2, 0.25) is 0 Å². The summed E-state index contributed by atoms with van der Waals surface area (Å²) in [5.74, 6) is 0.963. The quantitative estimate of drug-likeness (QED) is 0.495. The van der Waals surface area contributed by atoms with Crippen LogP contribution in [0.5, 0.6) is 0 Å². The van der Waals surface area contributed by atoms with E-state index in [0.717, 1.165) is 12.4 Å². The molecule has 2 nitrogen and oxygen atoms in total. The molecule has 0 radical (unpaired) electrons. The van der Waals surface area contributed by atoms with E-state index in [1.807, 2.05) is 18.2 Å². The molecule has 0 bridgehead atoms. The van der Waals surface area contributed by atoms with E-state index in [9.17, 15) is 0 Å². The molecule has 0 amide bonds. The second kappa shape index (κ2) is 2.21. The van der Waals surface area contributed by atoms with Crippen LogP contribution < -0.4 is 0 Å². The number of ether oxygens (including phenoxy) is 1. The number of hydrogen-bond donors (Lipinski definition) is 0. The van der Waals surface area contributed by atoms with Crippen molar-refractivity contribution in [3.63, 3.8) is 0 Å². The van der Waals surface area contributed by atoms with Crippen LogP contribution in [0.4, 0.5) is 0 Å². The van der Waals surface area contributed by atoms with Crippen molar-refractivity contribution >= 4 is 0 Å². The van der Waals surface area contributed by atoms with Gasteiger partial charge in [-0.1, -0.05) is 12.2 Å². The van der Waals surface area contributed by atoms with E-state index in [2.05, 4.69) is 17.2 Å². The zero-order valence-corrected chi connectivity index (χ0v) is 5.66. The summed E-state index contributed by atoms with van der Waals surface area (Å²) >= 11 is 0. The Morgan fingerprint density at radius 3 is 3.30 bits per heavy atom. The highest BCUT2D eigenvalue weighted by Gasteiger charge is 2.10. The highest BCUT2D eigenvalue weighted by atomic mass is 16.5. The molecule has 0 saturated carbocycles. The maximum absolute atomic E-state index is 5.33. The lowest BCUT2D eigenvalue weighted by Crippen LogP contribution is -2.23. The van der Waals surface area contributed by atoms with Gasteiger partial charge in [-0.2, -0.15) is 0 Å². The third-order valence-corrected chi connectivity index (χ3v) is 1.57. The van der Waals surface area contributed by atoms with Crippen LogP contribution in [-0.4, -0.2) is 18.1 Å². The van der Waals surface area contributed by atoms with Gasteiger partial charge in [0.05, 0.1) is 0 Å². The van der Waals surface area contributed by atoms with Gasteiger partial charge in [-0.15, -0.1) is 0 Å². The van der Waals surface area contributed by atoms with Gasteiger partial charge in [-0.3, -0.25) is 0 Å². The van der Waals surface area contributed by atoms with Gasteiger partial charge in [-0.05, 0) is 12.2 Å². The van der Waals surface area contributed by atoms with E-state index in [-0.39, 0.29) is 0 Å². The van der Waals surface area contributed by atoms with Crippen molar-refractivity contribution in [2.45, 2.75) is 0 Å². The minimum absolute atomic E-state index is 0.705. The van der Waals surface area contributed by atoms with Crippen LogP contribution >= 0.6 is 0 Å². The smallest absolute Gasteiger partial charge is 0.193 e. The first-order valence-corrected chi connectivity index (χ1v) is 3.40. The Labute approximate surface area is 60.1 Å². The third-order valence-electron chi connectivity index (χ3n) is 1.57. The topological polar surface area (TPSA) is 12.5 Å². The molecule has 0 aromatic heterocycles. The molecule has 52 valence electrons. The summed E-state index contributed by atoms with van der Waals surface area (Å²) in [7, 11) is 0. The summed E-state index contributed by atoms with van der Waals surface area (Å²) in [6.07, 6.45) is 10.2. The number of fused-ring (bicyclic) bond motifs is 1. The third kappa shape index (κ3) is 0.817. The largest absolute Gasteiger partial charge is 0.475 e. The summed E-state index contributed by atoms with van der Waals surface area (Å²) in [6.45, 7) is 1.64. The second-order valence-corrected chi connectivity index (χ2v) is 2.28. The molecule has 0 atom stereocenters. The molecule has 0 spiro atoms. The predicted octanol–water partition coefficient (Wildman–Crippen LogP) is 1.24. The molecule has 2 heterocycles. The molecule has 10 heavy (non-hydrogen) atoms. The Kier molecular flexibility index (Phi) is 1.24. The van der Waals surface area contributed by atoms with E-state index in [0.29, 0.717) is 6.61 Å². The molecule has 0 saturated heterocycles. The molecule has 2 heteroatoms. The van der Waals surface area contributed by atoms with Gasteiger partial charge in [0.25, 0.3) is 0 Å². The van der Waals surface area contributed by atoms with E-state index in [1.54, 1.807) is 0 Å². The zero-order chi connectivity index (χ0) is 6.81. The highest BCUT2D eigenvalue weighted by Crippen LogP contribution is 2.14. The Morgan fingerprint density at radius 1 is 1.40 bits per heavy atom. The van der Waals surface area contributed by atoms with Gasteiger partial charge in [0.15, 0.2) is 5.88 Å². The van der Waals surface area contributed by atoms with Crippen molar-refractivity contribution < 1.29 is 4.74 Å². The highest BCUT2D eigenvalue weighted by molar-refractivity contribution is 5.17. The lowest BCUT2D eigenvalue weighted by molar-refractivity contribution is 0.149. The number of nitrogens with zero attached hydrogens (tertiary/aromatic N) is 1. The van der Waals surface area contributed by atoms with Gasteiger partial charge >= 0.3 is 0 Å². The molecule has 0 unspecified atom stereocenters. The molecule has 0 aliphatic carbocycles. The molecular weight excluding hydrogens is 126 g/mol. The Balaban J connectivity index is 2.26. The van der Waals surface area contributed by atoms with Crippen LogP contribution in [0.1, 0.15) is 0 Å². The van der Waals surface area contributed by atoms with Gasteiger partial charge in [-0.25, -0.2) is 0 Å². The average molecular weight is 135 g/mol. The van der Waals surface area contributed by atoms with Crippen molar-refractivity contribution in [2.75, 3.05) is 13.2 Å². The van der Waals surface area contributed by atoms with Crippen molar-refractivity contribution in [3.05, 3.63) is 36.4 Å². The summed E-state index contributed by atoms with van der Waals surface area (Å²) in [5, 5.41) is 0. The average Bonchev–Trinajstić information content (AvgIpc) is 2.05. The Bertz CT molecular complexity index is 215. The van der Waals surface area contributed by atoms with Crippen LogP contribution in [0.15, 0.2) is 36.4 Å². The van der Waals surface area contributed by atoms with Crippen LogP contribution in [0.25, 0.3) is 0 Å². The molecule has 2 aliphatic heterocycles.